The number of anilines is 1. The molecule has 0 fully saturated rings. The highest BCUT2D eigenvalue weighted by Crippen LogP contribution is 2.29. The maximum Gasteiger partial charge on any atom is 0.223 e. The van der Waals surface area contributed by atoms with E-state index in [1.54, 1.807) is 7.11 Å². The zero-order chi connectivity index (χ0) is 23.6. The molecule has 1 aliphatic rings. The van der Waals surface area contributed by atoms with Crippen LogP contribution in [-0.4, -0.2) is 54.0 Å². The summed E-state index contributed by atoms with van der Waals surface area (Å²) in [4.78, 5) is 22.9. The number of para-hydroxylation sites is 1. The lowest BCUT2D eigenvalue weighted by Gasteiger charge is -2.21. The number of hydrogen-bond acceptors (Lipinski definition) is 7. The summed E-state index contributed by atoms with van der Waals surface area (Å²) in [6.45, 7) is 3.06. The summed E-state index contributed by atoms with van der Waals surface area (Å²) >= 11 is 0. The van der Waals surface area contributed by atoms with Crippen LogP contribution in [0.4, 0.5) is 5.82 Å². The van der Waals surface area contributed by atoms with Gasteiger partial charge in [-0.2, -0.15) is 0 Å². The molecule has 2 N–H and O–H groups in total. The SMILES string of the molecule is COCCc1nc2c(N)nc3ccccc3c2n1CCCCN(C(C)=O)C1=CS(=O)(=O)C=C1. The van der Waals surface area contributed by atoms with Gasteiger partial charge in [-0.3, -0.25) is 4.79 Å². The smallest absolute Gasteiger partial charge is 0.223 e. The zero-order valence-electron chi connectivity index (χ0n) is 18.7. The highest BCUT2D eigenvalue weighted by Gasteiger charge is 2.20. The summed E-state index contributed by atoms with van der Waals surface area (Å²) in [5.74, 6) is 1.07. The molecule has 0 radical (unpaired) electrons. The van der Waals surface area contributed by atoms with Crippen molar-refractivity contribution in [3.63, 3.8) is 0 Å². The Hall–Kier alpha value is -3.24. The van der Waals surface area contributed by atoms with E-state index in [9.17, 15) is 13.2 Å². The van der Waals surface area contributed by atoms with E-state index in [-0.39, 0.29) is 5.91 Å². The van der Waals surface area contributed by atoms with E-state index in [0.717, 1.165) is 39.5 Å². The first kappa shape index (κ1) is 22.9. The van der Waals surface area contributed by atoms with Crippen LogP contribution < -0.4 is 5.73 Å². The maximum atomic E-state index is 12.1. The molecule has 33 heavy (non-hydrogen) atoms. The Morgan fingerprint density at radius 3 is 2.70 bits per heavy atom. The summed E-state index contributed by atoms with van der Waals surface area (Å²) in [5, 5.41) is 3.22. The van der Waals surface area contributed by atoms with Gasteiger partial charge in [0.1, 0.15) is 11.3 Å². The third-order valence-corrected chi connectivity index (χ3v) is 6.72. The molecule has 0 atom stereocenters. The lowest BCUT2D eigenvalue weighted by molar-refractivity contribution is -0.126. The molecule has 174 valence electrons. The van der Waals surface area contributed by atoms with Crippen molar-refractivity contribution in [2.45, 2.75) is 32.7 Å². The number of imidazole rings is 1. The van der Waals surface area contributed by atoms with Crippen LogP contribution in [0, 0.1) is 0 Å². The fourth-order valence-corrected chi connectivity index (χ4v) is 5.05. The normalized spacial score (nSPS) is 14.8. The molecule has 0 saturated carbocycles. The number of sulfone groups is 1. The van der Waals surface area contributed by atoms with Crippen molar-refractivity contribution in [1.82, 2.24) is 19.4 Å². The number of carbonyl (C=O) groups is 1. The number of fused-ring (bicyclic) bond motifs is 3. The Morgan fingerprint density at radius 2 is 2.00 bits per heavy atom. The van der Waals surface area contributed by atoms with E-state index >= 15 is 0 Å². The summed E-state index contributed by atoms with van der Waals surface area (Å²) in [5.41, 5.74) is 9.07. The van der Waals surface area contributed by atoms with Gasteiger partial charge in [-0.05, 0) is 25.0 Å². The van der Waals surface area contributed by atoms with Crippen LogP contribution >= 0.6 is 0 Å². The third-order valence-electron chi connectivity index (χ3n) is 5.64. The predicted octanol–water partition coefficient (Wildman–Crippen LogP) is 2.77. The van der Waals surface area contributed by atoms with Gasteiger partial charge in [0.15, 0.2) is 15.7 Å². The molecule has 3 aromatic rings. The molecule has 4 rings (SSSR count). The molecule has 0 aliphatic carbocycles. The van der Waals surface area contributed by atoms with Gasteiger partial charge in [-0.25, -0.2) is 18.4 Å². The second kappa shape index (κ2) is 9.32. The van der Waals surface area contributed by atoms with Gasteiger partial charge in [-0.15, -0.1) is 0 Å². The number of aryl methyl sites for hydroxylation is 1. The molecule has 0 bridgehead atoms. The van der Waals surface area contributed by atoms with Gasteiger partial charge in [-0.1, -0.05) is 18.2 Å². The van der Waals surface area contributed by atoms with Gasteiger partial charge in [0, 0.05) is 44.3 Å². The van der Waals surface area contributed by atoms with Crippen LogP contribution in [0.3, 0.4) is 0 Å². The van der Waals surface area contributed by atoms with E-state index in [1.807, 2.05) is 24.3 Å². The molecule has 0 spiro atoms. The fraction of sp³-hybridized carbons (Fsp3) is 0.348. The number of amides is 1. The van der Waals surface area contributed by atoms with Crippen molar-refractivity contribution in [3.05, 3.63) is 52.7 Å². The molecule has 9 nitrogen and oxygen atoms in total. The van der Waals surface area contributed by atoms with Crippen molar-refractivity contribution in [2.24, 2.45) is 0 Å². The number of nitrogen functional groups attached to an aromatic ring is 1. The quantitative estimate of drug-likeness (QED) is 0.478. The van der Waals surface area contributed by atoms with Gasteiger partial charge < -0.3 is 19.9 Å². The largest absolute Gasteiger partial charge is 0.384 e. The van der Waals surface area contributed by atoms with E-state index < -0.39 is 9.84 Å². The Labute approximate surface area is 192 Å². The van der Waals surface area contributed by atoms with Crippen molar-refractivity contribution in [3.8, 4) is 0 Å². The molecule has 0 saturated heterocycles. The highest BCUT2D eigenvalue weighted by molar-refractivity contribution is 7.97. The third kappa shape index (κ3) is 4.76. The van der Waals surface area contributed by atoms with E-state index in [2.05, 4.69) is 9.55 Å². The number of allylic oxidation sites excluding steroid dienone is 1. The summed E-state index contributed by atoms with van der Waals surface area (Å²) in [7, 11) is -1.73. The van der Waals surface area contributed by atoms with Crippen LogP contribution in [0.25, 0.3) is 21.9 Å². The minimum absolute atomic E-state index is 0.193. The van der Waals surface area contributed by atoms with Crippen molar-refractivity contribution in [1.29, 1.82) is 0 Å². The molecule has 10 heteroatoms. The summed E-state index contributed by atoms with van der Waals surface area (Å²) in [6.07, 6.45) is 3.54. The number of carbonyl (C=O) groups excluding carboxylic acids is 1. The Bertz CT molecular complexity index is 1370. The number of nitrogens with zero attached hydrogens (tertiary/aromatic N) is 4. The Balaban J connectivity index is 1.59. The second-order valence-electron chi connectivity index (χ2n) is 7.95. The first-order chi connectivity index (χ1) is 15.8. The summed E-state index contributed by atoms with van der Waals surface area (Å²) < 4.78 is 30.8. The van der Waals surface area contributed by atoms with Crippen molar-refractivity contribution < 1.29 is 17.9 Å². The molecule has 3 heterocycles. The second-order valence-corrected chi connectivity index (χ2v) is 9.63. The van der Waals surface area contributed by atoms with Crippen LogP contribution in [0.1, 0.15) is 25.6 Å². The van der Waals surface area contributed by atoms with Gasteiger partial charge >= 0.3 is 0 Å². The average Bonchev–Trinajstić information content (AvgIpc) is 3.32. The zero-order valence-corrected chi connectivity index (χ0v) is 19.5. The fourth-order valence-electron chi connectivity index (χ4n) is 4.10. The number of unbranched alkanes of at least 4 members (excludes halogenated alkanes) is 1. The average molecular weight is 470 g/mol. The molecular weight excluding hydrogens is 442 g/mol. The van der Waals surface area contributed by atoms with Crippen LogP contribution in [0.5, 0.6) is 0 Å². The monoisotopic (exact) mass is 469 g/mol. The van der Waals surface area contributed by atoms with Crippen molar-refractivity contribution in [2.75, 3.05) is 26.0 Å². The number of hydrogen-bond donors (Lipinski definition) is 1. The minimum atomic E-state index is -3.38. The molecule has 2 aromatic heterocycles. The number of ether oxygens (including phenoxy) is 1. The molecule has 0 unspecified atom stereocenters. The number of nitrogens with two attached hydrogens (primary N) is 1. The highest BCUT2D eigenvalue weighted by atomic mass is 32.2. The standard InChI is InChI=1S/C23H27N5O4S/c1-16(29)27(17-10-14-33(30,31)15-17)11-5-6-12-28-20(9-13-32-2)26-21-22(28)18-7-3-4-8-19(18)25-23(21)24/h3-4,7-8,10,14-15H,5-6,9,11-13H2,1-2H3,(H2,24,25). The Kier molecular flexibility index (Phi) is 6.48. The topological polar surface area (TPSA) is 120 Å². The molecular formula is C23H27N5O4S. The van der Waals surface area contributed by atoms with Gasteiger partial charge in [0.05, 0.1) is 28.7 Å². The lowest BCUT2D eigenvalue weighted by Crippen LogP contribution is -2.28. The number of benzene rings is 1. The number of methoxy groups -OCH3 is 1. The molecule has 1 aliphatic heterocycles. The number of rotatable bonds is 9. The number of aromatic nitrogens is 3. The van der Waals surface area contributed by atoms with E-state index in [4.69, 9.17) is 15.5 Å². The first-order valence-electron chi connectivity index (χ1n) is 10.8. The van der Waals surface area contributed by atoms with E-state index in [1.165, 1.54) is 17.9 Å². The molecule has 1 amide bonds. The van der Waals surface area contributed by atoms with Crippen molar-refractivity contribution >= 4 is 43.5 Å². The van der Waals surface area contributed by atoms with Crippen LogP contribution in [-0.2, 0) is 32.3 Å². The van der Waals surface area contributed by atoms with Crippen LogP contribution in [0.15, 0.2) is 46.9 Å². The molecule has 1 aromatic carbocycles. The predicted molar refractivity (Wildman–Crippen MR) is 128 cm³/mol. The maximum absolute atomic E-state index is 12.1. The minimum Gasteiger partial charge on any atom is -0.384 e. The van der Waals surface area contributed by atoms with E-state index in [0.29, 0.717) is 49.6 Å². The summed E-state index contributed by atoms with van der Waals surface area (Å²) in [6, 6.07) is 7.83. The van der Waals surface area contributed by atoms with Gasteiger partial charge in [0.25, 0.3) is 0 Å². The first-order valence-corrected chi connectivity index (χ1v) is 12.4. The number of pyridine rings is 1. The Morgan fingerprint density at radius 1 is 1.21 bits per heavy atom. The lowest BCUT2D eigenvalue weighted by atomic mass is 10.2. The van der Waals surface area contributed by atoms with Crippen LogP contribution in [0.2, 0.25) is 0 Å². The van der Waals surface area contributed by atoms with Gasteiger partial charge in [0.2, 0.25) is 5.91 Å².